The highest BCUT2D eigenvalue weighted by atomic mass is 35.5. The van der Waals surface area contributed by atoms with Gasteiger partial charge in [-0.3, -0.25) is 0 Å². The fourth-order valence-corrected chi connectivity index (χ4v) is 4.66. The van der Waals surface area contributed by atoms with Crippen molar-refractivity contribution in [3.05, 3.63) is 23.0 Å². The second kappa shape index (κ2) is 6.10. The van der Waals surface area contributed by atoms with Crippen molar-refractivity contribution in [1.82, 2.24) is 4.31 Å². The van der Waals surface area contributed by atoms with Crippen molar-refractivity contribution in [2.75, 3.05) is 18.8 Å². The molecule has 21 heavy (non-hydrogen) atoms. The molecule has 118 valence electrons. The summed E-state index contributed by atoms with van der Waals surface area (Å²) in [6.07, 6.45) is 1.65. The van der Waals surface area contributed by atoms with E-state index in [9.17, 15) is 12.8 Å². The van der Waals surface area contributed by atoms with Gasteiger partial charge in [-0.15, -0.1) is 0 Å². The Kier molecular flexibility index (Phi) is 4.80. The predicted octanol–water partition coefficient (Wildman–Crippen LogP) is 3.12. The Morgan fingerprint density at radius 1 is 1.33 bits per heavy atom. The van der Waals surface area contributed by atoms with Crippen LogP contribution in [-0.4, -0.2) is 25.8 Å². The molecular weight excluding hydrogens is 315 g/mol. The topological polar surface area (TPSA) is 63.4 Å². The predicted molar refractivity (Wildman–Crippen MR) is 82.1 cm³/mol. The first-order valence-corrected chi connectivity index (χ1v) is 8.80. The minimum absolute atomic E-state index is 0.119. The van der Waals surface area contributed by atoms with Crippen LogP contribution in [0.4, 0.5) is 10.1 Å². The van der Waals surface area contributed by atoms with Gasteiger partial charge in [0.2, 0.25) is 10.0 Å². The van der Waals surface area contributed by atoms with Crippen LogP contribution >= 0.6 is 11.6 Å². The molecule has 1 aromatic carbocycles. The maximum Gasteiger partial charge on any atom is 0.244 e. The van der Waals surface area contributed by atoms with Crippen molar-refractivity contribution in [3.8, 4) is 0 Å². The Balaban J connectivity index is 2.26. The molecule has 0 atom stereocenters. The molecule has 4 nitrogen and oxygen atoms in total. The second-order valence-corrected chi connectivity index (χ2v) is 8.10. The van der Waals surface area contributed by atoms with Gasteiger partial charge in [0.25, 0.3) is 0 Å². The Morgan fingerprint density at radius 2 is 1.90 bits per heavy atom. The molecule has 0 amide bonds. The van der Waals surface area contributed by atoms with E-state index in [0.717, 1.165) is 25.0 Å². The number of nitrogen functional groups attached to an aromatic ring is 1. The number of anilines is 1. The third-order valence-corrected chi connectivity index (χ3v) is 6.47. The van der Waals surface area contributed by atoms with E-state index >= 15 is 0 Å². The summed E-state index contributed by atoms with van der Waals surface area (Å²) in [6, 6.07) is 2.05. The summed E-state index contributed by atoms with van der Waals surface area (Å²) < 4.78 is 39.9. The number of nitrogens with zero attached hydrogens (tertiary/aromatic N) is 1. The van der Waals surface area contributed by atoms with E-state index in [-0.39, 0.29) is 15.6 Å². The molecule has 1 heterocycles. The van der Waals surface area contributed by atoms with Crippen LogP contribution in [0, 0.1) is 17.7 Å². The molecule has 0 radical (unpaired) electrons. The maximum atomic E-state index is 13.3. The van der Waals surface area contributed by atoms with Crippen LogP contribution < -0.4 is 5.73 Å². The van der Waals surface area contributed by atoms with E-state index < -0.39 is 15.8 Å². The number of piperidine rings is 1. The van der Waals surface area contributed by atoms with E-state index in [1.165, 1.54) is 4.31 Å². The van der Waals surface area contributed by atoms with Crippen LogP contribution in [0.5, 0.6) is 0 Å². The van der Waals surface area contributed by atoms with Crippen LogP contribution in [0.15, 0.2) is 17.0 Å². The minimum atomic E-state index is -3.73. The molecule has 0 unspecified atom stereocenters. The van der Waals surface area contributed by atoms with Crippen molar-refractivity contribution >= 4 is 27.3 Å². The molecule has 7 heteroatoms. The van der Waals surface area contributed by atoms with Gasteiger partial charge in [-0.25, -0.2) is 12.8 Å². The molecule has 0 aromatic heterocycles. The lowest BCUT2D eigenvalue weighted by Crippen LogP contribution is -2.39. The summed E-state index contributed by atoms with van der Waals surface area (Å²) in [5.41, 5.74) is 5.25. The van der Waals surface area contributed by atoms with Gasteiger partial charge < -0.3 is 5.73 Å². The second-order valence-electron chi connectivity index (χ2n) is 5.79. The van der Waals surface area contributed by atoms with Crippen molar-refractivity contribution in [1.29, 1.82) is 0 Å². The van der Waals surface area contributed by atoms with E-state index in [2.05, 4.69) is 13.8 Å². The molecule has 1 aliphatic heterocycles. The van der Waals surface area contributed by atoms with Gasteiger partial charge in [0.15, 0.2) is 0 Å². The molecular formula is C14H20ClFN2O2S. The van der Waals surface area contributed by atoms with E-state index in [1.807, 2.05) is 0 Å². The summed E-state index contributed by atoms with van der Waals surface area (Å²) >= 11 is 5.88. The van der Waals surface area contributed by atoms with Gasteiger partial charge in [-0.1, -0.05) is 25.4 Å². The van der Waals surface area contributed by atoms with E-state index in [4.69, 9.17) is 17.3 Å². The lowest BCUT2D eigenvalue weighted by atomic mass is 9.87. The first-order valence-electron chi connectivity index (χ1n) is 6.98. The lowest BCUT2D eigenvalue weighted by molar-refractivity contribution is 0.226. The van der Waals surface area contributed by atoms with Gasteiger partial charge >= 0.3 is 0 Å². The lowest BCUT2D eigenvalue weighted by Gasteiger charge is -2.33. The smallest absolute Gasteiger partial charge is 0.244 e. The number of halogens is 2. The molecule has 1 fully saturated rings. The Hall–Kier alpha value is -0.850. The quantitative estimate of drug-likeness (QED) is 0.864. The van der Waals surface area contributed by atoms with Gasteiger partial charge in [0.05, 0.1) is 10.7 Å². The fourth-order valence-electron chi connectivity index (χ4n) is 2.66. The molecule has 2 rings (SSSR count). The minimum Gasteiger partial charge on any atom is -0.396 e. The third-order valence-electron chi connectivity index (χ3n) is 4.11. The van der Waals surface area contributed by atoms with Gasteiger partial charge in [0.1, 0.15) is 10.7 Å². The summed E-state index contributed by atoms with van der Waals surface area (Å²) in [5, 5.41) is -0.132. The number of hydrogen-bond donors (Lipinski definition) is 1. The average Bonchev–Trinajstić information content (AvgIpc) is 2.42. The molecule has 1 aromatic rings. The SMILES string of the molecule is CC(C)C1CCN(S(=O)(=O)c2cc(N)c(F)cc2Cl)CC1. The number of benzene rings is 1. The molecule has 2 N–H and O–H groups in total. The van der Waals surface area contributed by atoms with Crippen molar-refractivity contribution in [3.63, 3.8) is 0 Å². The standard InChI is InChI=1S/C14H20ClFN2O2S/c1-9(2)10-3-5-18(6-4-10)21(19,20)14-8-13(17)12(16)7-11(14)15/h7-10H,3-6,17H2,1-2H3. The normalized spacial score (nSPS) is 18.3. The highest BCUT2D eigenvalue weighted by Gasteiger charge is 2.32. The van der Waals surface area contributed by atoms with Gasteiger partial charge in [-0.05, 0) is 36.8 Å². The molecule has 0 saturated carbocycles. The van der Waals surface area contributed by atoms with Crippen LogP contribution in [0.2, 0.25) is 5.02 Å². The van der Waals surface area contributed by atoms with Crippen LogP contribution in [-0.2, 0) is 10.0 Å². The monoisotopic (exact) mass is 334 g/mol. The number of rotatable bonds is 3. The summed E-state index contributed by atoms with van der Waals surface area (Å²) in [4.78, 5) is -0.119. The van der Waals surface area contributed by atoms with Gasteiger partial charge in [0, 0.05) is 13.1 Å². The first-order chi connectivity index (χ1) is 9.73. The molecule has 1 saturated heterocycles. The zero-order chi connectivity index (χ0) is 15.8. The van der Waals surface area contributed by atoms with E-state index in [1.54, 1.807) is 0 Å². The van der Waals surface area contributed by atoms with Crippen LogP contribution in [0.1, 0.15) is 26.7 Å². The summed E-state index contributed by atoms with van der Waals surface area (Å²) in [5.74, 6) is 0.364. The van der Waals surface area contributed by atoms with E-state index in [0.29, 0.717) is 24.9 Å². The molecule has 0 spiro atoms. The molecule has 0 bridgehead atoms. The Morgan fingerprint density at radius 3 is 2.43 bits per heavy atom. The van der Waals surface area contributed by atoms with Crippen LogP contribution in [0.3, 0.4) is 0 Å². The summed E-state index contributed by atoms with van der Waals surface area (Å²) in [7, 11) is -3.73. The zero-order valence-electron chi connectivity index (χ0n) is 12.1. The molecule has 0 aliphatic carbocycles. The fraction of sp³-hybridized carbons (Fsp3) is 0.571. The first kappa shape index (κ1) is 16.5. The third kappa shape index (κ3) is 3.33. The number of nitrogens with two attached hydrogens (primary N) is 1. The Labute approximate surface area is 130 Å². The molecule has 1 aliphatic rings. The largest absolute Gasteiger partial charge is 0.396 e. The highest BCUT2D eigenvalue weighted by molar-refractivity contribution is 7.89. The van der Waals surface area contributed by atoms with Crippen molar-refractivity contribution < 1.29 is 12.8 Å². The number of hydrogen-bond acceptors (Lipinski definition) is 3. The summed E-state index contributed by atoms with van der Waals surface area (Å²) in [6.45, 7) is 5.20. The van der Waals surface area contributed by atoms with Crippen molar-refractivity contribution in [2.45, 2.75) is 31.6 Å². The maximum absolute atomic E-state index is 13.3. The average molecular weight is 335 g/mol. The Bertz CT molecular complexity index is 626. The van der Waals surface area contributed by atoms with Gasteiger partial charge in [-0.2, -0.15) is 4.31 Å². The zero-order valence-corrected chi connectivity index (χ0v) is 13.7. The van der Waals surface area contributed by atoms with Crippen molar-refractivity contribution in [2.24, 2.45) is 11.8 Å². The van der Waals surface area contributed by atoms with Crippen LogP contribution in [0.25, 0.3) is 0 Å². The number of sulfonamides is 1. The highest BCUT2D eigenvalue weighted by Crippen LogP contribution is 2.32.